The summed E-state index contributed by atoms with van der Waals surface area (Å²) >= 11 is 0. The summed E-state index contributed by atoms with van der Waals surface area (Å²) in [6.07, 6.45) is 2.75. The molecule has 1 unspecified atom stereocenters. The van der Waals surface area contributed by atoms with Gasteiger partial charge in [-0.05, 0) is 32.7 Å². The van der Waals surface area contributed by atoms with E-state index in [0.29, 0.717) is 19.4 Å². The van der Waals surface area contributed by atoms with Crippen LogP contribution in [-0.4, -0.2) is 47.1 Å². The largest absolute Gasteiger partial charge is 0.480 e. The van der Waals surface area contributed by atoms with Crippen LogP contribution in [-0.2, 0) is 9.59 Å². The van der Waals surface area contributed by atoms with E-state index in [1.807, 2.05) is 13.8 Å². The molecule has 2 N–H and O–H groups in total. The minimum Gasteiger partial charge on any atom is -0.480 e. The average Bonchev–Trinajstić information content (AvgIpc) is 2.29. The van der Waals surface area contributed by atoms with Gasteiger partial charge in [0.1, 0.15) is 6.04 Å². The highest BCUT2D eigenvalue weighted by Gasteiger charge is 2.31. The first-order chi connectivity index (χ1) is 8.06. The Morgan fingerprint density at radius 1 is 1.47 bits per heavy atom. The second-order valence-corrected chi connectivity index (χ2v) is 4.60. The highest BCUT2D eigenvalue weighted by Crippen LogP contribution is 2.18. The maximum absolute atomic E-state index is 12.0. The normalized spacial score (nSPS) is 22.2. The van der Waals surface area contributed by atoms with Crippen LogP contribution in [0.3, 0.4) is 0 Å². The molecule has 0 radical (unpaired) electrons. The zero-order valence-electron chi connectivity index (χ0n) is 10.6. The number of amides is 1. The van der Waals surface area contributed by atoms with E-state index < -0.39 is 12.0 Å². The molecule has 0 aromatic rings. The van der Waals surface area contributed by atoms with Crippen molar-refractivity contribution in [3.63, 3.8) is 0 Å². The molecule has 0 spiro atoms. The second-order valence-electron chi connectivity index (χ2n) is 4.60. The van der Waals surface area contributed by atoms with Gasteiger partial charge in [0, 0.05) is 19.0 Å². The molecule has 0 aromatic carbocycles. The van der Waals surface area contributed by atoms with E-state index in [9.17, 15) is 9.59 Å². The number of hydrogen-bond donors (Lipinski definition) is 2. The quantitative estimate of drug-likeness (QED) is 0.749. The molecule has 1 aliphatic heterocycles. The maximum Gasteiger partial charge on any atom is 0.326 e. The van der Waals surface area contributed by atoms with E-state index in [0.717, 1.165) is 19.4 Å². The monoisotopic (exact) mass is 242 g/mol. The van der Waals surface area contributed by atoms with Gasteiger partial charge in [0.05, 0.1) is 0 Å². The van der Waals surface area contributed by atoms with Crippen LogP contribution in [0.1, 0.15) is 39.5 Å². The number of carbonyl (C=O) groups excluding carboxylic acids is 1. The number of aliphatic carboxylic acids is 1. The number of carboxylic acids is 1. The van der Waals surface area contributed by atoms with Gasteiger partial charge in [-0.3, -0.25) is 4.79 Å². The van der Waals surface area contributed by atoms with Crippen LogP contribution in [0.5, 0.6) is 0 Å². The summed E-state index contributed by atoms with van der Waals surface area (Å²) in [4.78, 5) is 24.6. The summed E-state index contributed by atoms with van der Waals surface area (Å²) in [7, 11) is 0. The fourth-order valence-electron chi connectivity index (χ4n) is 2.29. The van der Waals surface area contributed by atoms with Gasteiger partial charge in [-0.2, -0.15) is 0 Å². The SMILES string of the molecule is CCNC(C)CC(=O)N1CCCC[C@H]1C(=O)O. The lowest BCUT2D eigenvalue weighted by molar-refractivity contribution is -0.152. The molecule has 17 heavy (non-hydrogen) atoms. The summed E-state index contributed by atoms with van der Waals surface area (Å²) in [6.45, 7) is 5.33. The Morgan fingerprint density at radius 2 is 2.18 bits per heavy atom. The average molecular weight is 242 g/mol. The van der Waals surface area contributed by atoms with E-state index in [1.165, 1.54) is 4.90 Å². The van der Waals surface area contributed by atoms with Gasteiger partial charge in [-0.1, -0.05) is 6.92 Å². The molecule has 0 aromatic heterocycles. The molecule has 1 saturated heterocycles. The molecule has 1 aliphatic rings. The van der Waals surface area contributed by atoms with Gasteiger partial charge < -0.3 is 15.3 Å². The van der Waals surface area contributed by atoms with Gasteiger partial charge in [0.25, 0.3) is 0 Å². The van der Waals surface area contributed by atoms with Gasteiger partial charge in [-0.15, -0.1) is 0 Å². The molecule has 1 fully saturated rings. The summed E-state index contributed by atoms with van der Waals surface area (Å²) in [5, 5.41) is 12.3. The minimum atomic E-state index is -0.880. The summed E-state index contributed by atoms with van der Waals surface area (Å²) in [5.74, 6) is -0.931. The Balaban J connectivity index is 2.56. The predicted octanol–water partition coefficient (Wildman–Crippen LogP) is 0.840. The molecule has 1 rings (SSSR count). The van der Waals surface area contributed by atoms with Crippen molar-refractivity contribution < 1.29 is 14.7 Å². The van der Waals surface area contributed by atoms with Crippen molar-refractivity contribution in [2.45, 2.75) is 51.6 Å². The van der Waals surface area contributed by atoms with Crippen LogP contribution in [0.25, 0.3) is 0 Å². The molecule has 5 nitrogen and oxygen atoms in total. The number of carboxylic acid groups (broad SMARTS) is 1. The number of hydrogen-bond acceptors (Lipinski definition) is 3. The smallest absolute Gasteiger partial charge is 0.326 e. The number of rotatable bonds is 5. The van der Waals surface area contributed by atoms with Crippen LogP contribution in [0.4, 0.5) is 0 Å². The molecule has 2 atom stereocenters. The molecule has 0 saturated carbocycles. The fraction of sp³-hybridized carbons (Fsp3) is 0.833. The highest BCUT2D eigenvalue weighted by molar-refractivity contribution is 5.84. The third kappa shape index (κ3) is 4.00. The highest BCUT2D eigenvalue weighted by atomic mass is 16.4. The number of piperidine rings is 1. The topological polar surface area (TPSA) is 69.6 Å². The molecular weight excluding hydrogens is 220 g/mol. The van der Waals surface area contributed by atoms with E-state index in [1.54, 1.807) is 0 Å². The number of likely N-dealkylation sites (tertiary alicyclic amines) is 1. The van der Waals surface area contributed by atoms with Gasteiger partial charge in [-0.25, -0.2) is 4.79 Å². The zero-order valence-corrected chi connectivity index (χ0v) is 10.6. The van der Waals surface area contributed by atoms with Crippen LogP contribution in [0.15, 0.2) is 0 Å². The van der Waals surface area contributed by atoms with Crippen molar-refractivity contribution in [3.8, 4) is 0 Å². The van der Waals surface area contributed by atoms with Crippen molar-refractivity contribution in [2.75, 3.05) is 13.1 Å². The predicted molar refractivity (Wildman–Crippen MR) is 64.7 cm³/mol. The van der Waals surface area contributed by atoms with Crippen molar-refractivity contribution in [2.24, 2.45) is 0 Å². The molecule has 5 heteroatoms. The molecule has 98 valence electrons. The number of nitrogens with one attached hydrogen (secondary N) is 1. The maximum atomic E-state index is 12.0. The number of nitrogens with zero attached hydrogens (tertiary/aromatic N) is 1. The first-order valence-corrected chi connectivity index (χ1v) is 6.32. The lowest BCUT2D eigenvalue weighted by Gasteiger charge is -2.33. The van der Waals surface area contributed by atoms with Gasteiger partial charge >= 0.3 is 5.97 Å². The molecular formula is C12H22N2O3. The third-order valence-electron chi connectivity index (χ3n) is 3.14. The number of carbonyl (C=O) groups is 2. The van der Waals surface area contributed by atoms with Crippen molar-refractivity contribution in [3.05, 3.63) is 0 Å². The van der Waals surface area contributed by atoms with E-state index in [-0.39, 0.29) is 11.9 Å². The van der Waals surface area contributed by atoms with E-state index in [4.69, 9.17) is 5.11 Å². The lowest BCUT2D eigenvalue weighted by Crippen LogP contribution is -2.49. The van der Waals surface area contributed by atoms with Crippen molar-refractivity contribution >= 4 is 11.9 Å². The minimum absolute atomic E-state index is 0.0504. The zero-order chi connectivity index (χ0) is 12.8. The Hall–Kier alpha value is -1.10. The Labute approximate surface area is 102 Å². The molecule has 1 heterocycles. The van der Waals surface area contributed by atoms with Crippen LogP contribution in [0, 0.1) is 0 Å². The lowest BCUT2D eigenvalue weighted by atomic mass is 10.0. The molecule has 0 bridgehead atoms. The van der Waals surface area contributed by atoms with Gasteiger partial charge in [0.15, 0.2) is 0 Å². The van der Waals surface area contributed by atoms with Crippen LogP contribution < -0.4 is 5.32 Å². The first kappa shape index (κ1) is 14.0. The molecule has 0 aliphatic carbocycles. The van der Waals surface area contributed by atoms with Crippen molar-refractivity contribution in [1.82, 2.24) is 10.2 Å². The Morgan fingerprint density at radius 3 is 2.76 bits per heavy atom. The van der Waals surface area contributed by atoms with Crippen LogP contribution >= 0.6 is 0 Å². The Kier molecular flexibility index (Phi) is 5.41. The summed E-state index contributed by atoms with van der Waals surface area (Å²) in [6, 6.07) is -0.519. The summed E-state index contributed by atoms with van der Waals surface area (Å²) in [5.41, 5.74) is 0. The van der Waals surface area contributed by atoms with Gasteiger partial charge in [0.2, 0.25) is 5.91 Å². The fourth-order valence-corrected chi connectivity index (χ4v) is 2.29. The molecule has 1 amide bonds. The first-order valence-electron chi connectivity index (χ1n) is 6.32. The van der Waals surface area contributed by atoms with E-state index in [2.05, 4.69) is 5.32 Å². The van der Waals surface area contributed by atoms with Crippen molar-refractivity contribution in [1.29, 1.82) is 0 Å². The second kappa shape index (κ2) is 6.59. The third-order valence-corrected chi connectivity index (χ3v) is 3.14. The van der Waals surface area contributed by atoms with E-state index >= 15 is 0 Å². The summed E-state index contributed by atoms with van der Waals surface area (Å²) < 4.78 is 0. The standard InChI is InChI=1S/C12H22N2O3/c1-3-13-9(2)8-11(15)14-7-5-4-6-10(14)12(16)17/h9-10,13H,3-8H2,1-2H3,(H,16,17)/t9?,10-/m0/s1. The Bertz CT molecular complexity index is 281. The van der Waals surface area contributed by atoms with Crippen LogP contribution in [0.2, 0.25) is 0 Å².